The second-order valence-electron chi connectivity index (χ2n) is 13.4. The molecule has 268 valence electrons. The fourth-order valence-corrected chi connectivity index (χ4v) is 8.84. The van der Waals surface area contributed by atoms with Gasteiger partial charge in [0.2, 0.25) is 11.8 Å². The lowest BCUT2D eigenvalue weighted by molar-refractivity contribution is -0.160. The predicted octanol–water partition coefficient (Wildman–Crippen LogP) is 5.25. The van der Waals surface area contributed by atoms with E-state index in [0.717, 1.165) is 10.8 Å². The van der Waals surface area contributed by atoms with Gasteiger partial charge in [0.15, 0.2) is 0 Å². The molecule has 3 aliphatic rings. The molecule has 0 aromatic heterocycles. The van der Waals surface area contributed by atoms with Crippen molar-refractivity contribution < 1.29 is 33.8 Å². The summed E-state index contributed by atoms with van der Waals surface area (Å²) >= 11 is 3.74. The largest absolute Gasteiger partial charge is 0.455 e. The van der Waals surface area contributed by atoms with Crippen LogP contribution in [-0.4, -0.2) is 82.5 Å². The molecule has 3 amide bonds. The third-order valence-electron chi connectivity index (χ3n) is 10.2. The number of aliphatic hydroxyl groups excluding tert-OH is 1. The smallest absolute Gasteiger partial charge is 0.313 e. The Balaban J connectivity index is 1.33. The molecule has 11 heteroatoms. The number of likely N-dealkylation sites (tertiary alicyclic amines) is 1. The van der Waals surface area contributed by atoms with Gasteiger partial charge in [-0.3, -0.25) is 19.2 Å². The van der Waals surface area contributed by atoms with Gasteiger partial charge in [-0.2, -0.15) is 0 Å². The average Bonchev–Trinajstić information content (AvgIpc) is 3.74. The van der Waals surface area contributed by atoms with Crippen molar-refractivity contribution in [3.05, 3.63) is 104 Å². The first-order valence-electron chi connectivity index (χ1n) is 17.5. The van der Waals surface area contributed by atoms with Gasteiger partial charge in [0.05, 0.1) is 24.5 Å². The van der Waals surface area contributed by atoms with E-state index in [9.17, 15) is 24.3 Å². The number of hydrogen-bond acceptors (Lipinski definition) is 7. The van der Waals surface area contributed by atoms with Crippen LogP contribution in [0.4, 0.5) is 5.69 Å². The fourth-order valence-electron chi connectivity index (χ4n) is 7.90. The molecule has 0 saturated carbocycles. The van der Waals surface area contributed by atoms with Crippen molar-refractivity contribution in [1.29, 1.82) is 0 Å². The minimum absolute atomic E-state index is 0.0438. The van der Waals surface area contributed by atoms with E-state index in [-0.39, 0.29) is 55.2 Å². The van der Waals surface area contributed by atoms with E-state index in [4.69, 9.17) is 9.47 Å². The zero-order valence-corrected chi connectivity index (χ0v) is 30.1. The molecule has 2 bridgehead atoms. The predicted molar refractivity (Wildman–Crippen MR) is 198 cm³/mol. The number of rotatable bonds is 16. The van der Waals surface area contributed by atoms with Crippen LogP contribution in [0.1, 0.15) is 43.8 Å². The molecule has 51 heavy (non-hydrogen) atoms. The lowest BCUT2D eigenvalue weighted by Gasteiger charge is -2.37. The molecule has 3 aromatic rings. The number of halogens is 1. The van der Waals surface area contributed by atoms with Crippen LogP contribution in [0.25, 0.3) is 10.8 Å². The Morgan fingerprint density at radius 1 is 1.06 bits per heavy atom. The van der Waals surface area contributed by atoms with Gasteiger partial charge >= 0.3 is 5.97 Å². The van der Waals surface area contributed by atoms with E-state index in [1.165, 1.54) is 0 Å². The van der Waals surface area contributed by atoms with Crippen molar-refractivity contribution in [2.75, 3.05) is 31.1 Å². The molecule has 1 unspecified atom stereocenters. The van der Waals surface area contributed by atoms with E-state index >= 15 is 0 Å². The molecule has 1 spiro atoms. The number of unbranched alkanes of at least 4 members (excludes halogenated alkanes) is 1. The molecular formula is C40H44BrN3O7. The maximum Gasteiger partial charge on any atom is 0.313 e. The quantitative estimate of drug-likeness (QED) is 0.0886. The van der Waals surface area contributed by atoms with Crippen LogP contribution in [0, 0.1) is 11.8 Å². The summed E-state index contributed by atoms with van der Waals surface area (Å²) in [6.45, 7) is 7.96. The first-order chi connectivity index (χ1) is 24.7. The van der Waals surface area contributed by atoms with Crippen molar-refractivity contribution >= 4 is 56.1 Å². The number of benzene rings is 3. The second kappa shape index (κ2) is 15.9. The number of amides is 3. The number of nitrogens with one attached hydrogen (secondary N) is 1. The van der Waals surface area contributed by atoms with Crippen molar-refractivity contribution in [1.82, 2.24) is 10.2 Å². The molecule has 3 heterocycles. The van der Waals surface area contributed by atoms with Crippen molar-refractivity contribution in [2.45, 2.75) is 60.8 Å². The summed E-state index contributed by atoms with van der Waals surface area (Å²) in [4.78, 5) is 59.2. The number of aliphatic hydroxyl groups is 1. The molecule has 10 nitrogen and oxygen atoms in total. The summed E-state index contributed by atoms with van der Waals surface area (Å²) in [6, 6.07) is 21.8. The Bertz CT molecular complexity index is 1790. The minimum Gasteiger partial charge on any atom is -0.455 e. The van der Waals surface area contributed by atoms with Crippen molar-refractivity contribution in [3.63, 3.8) is 0 Å². The molecule has 6 rings (SSSR count). The minimum atomic E-state index is -1.30. The van der Waals surface area contributed by atoms with Crippen LogP contribution in [0.15, 0.2) is 98.1 Å². The number of nitrogens with zero attached hydrogens (tertiary/aromatic N) is 2. The number of hydrogen-bond donors (Lipinski definition) is 2. The third kappa shape index (κ3) is 7.11. The highest BCUT2D eigenvalue weighted by Gasteiger charge is 2.77. The maximum absolute atomic E-state index is 14.9. The van der Waals surface area contributed by atoms with Gasteiger partial charge in [-0.15, -0.1) is 13.2 Å². The number of ether oxygens (including phenoxy) is 2. The summed E-state index contributed by atoms with van der Waals surface area (Å²) in [6.07, 6.45) is 3.79. The van der Waals surface area contributed by atoms with Gasteiger partial charge in [0, 0.05) is 36.6 Å². The summed E-state index contributed by atoms with van der Waals surface area (Å²) < 4.78 is 12.9. The molecule has 3 fully saturated rings. The fraction of sp³-hybridized carbons (Fsp3) is 0.400. The number of carbonyl (C=O) groups is 4. The van der Waals surface area contributed by atoms with E-state index < -0.39 is 41.7 Å². The highest BCUT2D eigenvalue weighted by Crippen LogP contribution is 2.60. The molecular weight excluding hydrogens is 714 g/mol. The van der Waals surface area contributed by atoms with Crippen molar-refractivity contribution in [2.24, 2.45) is 11.8 Å². The Kier molecular flexibility index (Phi) is 11.4. The number of anilines is 1. The van der Waals surface area contributed by atoms with Gasteiger partial charge < -0.3 is 29.7 Å². The molecule has 3 saturated heterocycles. The highest BCUT2D eigenvalue weighted by molar-refractivity contribution is 9.09. The van der Waals surface area contributed by atoms with E-state index in [1.807, 2.05) is 72.8 Å². The SMILES string of the molecule is C=CCCC(=O)NC[C@@H](OC(=O)[C@@H]1[C@H]2O[C@@]3(CC2Br)[C@H](C(=O)N(CC=C)c2ccc4ccccc4c2)N(CCCCO)C(=O)[C@@H]13)c1ccccc1. The normalized spacial score (nSPS) is 25.3. The van der Waals surface area contributed by atoms with Gasteiger partial charge in [0.25, 0.3) is 5.91 Å². The number of alkyl halides is 1. The number of esters is 1. The van der Waals surface area contributed by atoms with Crippen LogP contribution in [0.3, 0.4) is 0 Å². The summed E-state index contributed by atoms with van der Waals surface area (Å²) in [7, 11) is 0. The van der Waals surface area contributed by atoms with Crippen LogP contribution >= 0.6 is 15.9 Å². The lowest BCUT2D eigenvalue weighted by Crippen LogP contribution is -2.57. The van der Waals surface area contributed by atoms with E-state index in [0.29, 0.717) is 36.9 Å². The van der Waals surface area contributed by atoms with Gasteiger partial charge in [-0.25, -0.2) is 0 Å². The molecule has 2 N–H and O–H groups in total. The van der Waals surface area contributed by atoms with Crippen LogP contribution < -0.4 is 10.2 Å². The molecule has 3 aliphatic heterocycles. The summed E-state index contributed by atoms with van der Waals surface area (Å²) in [5.74, 6) is -3.46. The molecule has 0 radical (unpaired) electrons. The molecule has 3 aromatic carbocycles. The standard InChI is InChI=1S/C40H44BrN3O7/c1-3-5-17-32(46)42-25-31(27-14-7-6-8-15-27)50-39(49)33-34-37(47)44(21-11-12-22-45)36(40(34)24-30(41)35(33)51-40)38(48)43(20-4-2)29-19-18-26-13-9-10-16-28(26)23-29/h3-4,6-10,13-16,18-19,23,30-31,33-36,45H,1-2,5,11-12,17,20-22,24-25H2,(H,42,46)/t30?,31-,33+,34-,35+,36+,40-/m1/s1. The van der Waals surface area contributed by atoms with E-state index in [2.05, 4.69) is 34.4 Å². The Hall–Kier alpha value is -4.32. The number of carbonyl (C=O) groups excluding carboxylic acids is 4. The van der Waals surface area contributed by atoms with Gasteiger partial charge in [-0.05, 0) is 54.2 Å². The van der Waals surface area contributed by atoms with Crippen LogP contribution in [-0.2, 0) is 28.7 Å². The number of allylic oxidation sites excluding steroid dienone is 1. The van der Waals surface area contributed by atoms with Crippen molar-refractivity contribution in [3.8, 4) is 0 Å². The first-order valence-corrected chi connectivity index (χ1v) is 18.4. The van der Waals surface area contributed by atoms with Crippen LogP contribution in [0.5, 0.6) is 0 Å². The second-order valence-corrected chi connectivity index (χ2v) is 14.5. The topological polar surface area (TPSA) is 125 Å². The molecule has 0 aliphatic carbocycles. The Morgan fingerprint density at radius 2 is 1.80 bits per heavy atom. The zero-order valence-electron chi connectivity index (χ0n) is 28.5. The summed E-state index contributed by atoms with van der Waals surface area (Å²) in [5.41, 5.74) is 0.0460. The Labute approximate surface area is 306 Å². The Morgan fingerprint density at radius 3 is 2.53 bits per heavy atom. The number of fused-ring (bicyclic) bond motifs is 2. The highest BCUT2D eigenvalue weighted by atomic mass is 79.9. The van der Waals surface area contributed by atoms with E-state index in [1.54, 1.807) is 22.0 Å². The van der Waals surface area contributed by atoms with Gasteiger partial charge in [-0.1, -0.05) is 88.7 Å². The summed E-state index contributed by atoms with van der Waals surface area (Å²) in [5, 5.41) is 14.4. The third-order valence-corrected chi connectivity index (χ3v) is 11.1. The monoisotopic (exact) mass is 757 g/mol. The molecule has 7 atom stereocenters. The average molecular weight is 759 g/mol. The maximum atomic E-state index is 14.9. The van der Waals surface area contributed by atoms with Crippen LogP contribution in [0.2, 0.25) is 0 Å². The zero-order chi connectivity index (χ0) is 36.1. The first kappa shape index (κ1) is 36.5. The lowest BCUT2D eigenvalue weighted by atomic mass is 9.70. The van der Waals surface area contributed by atoms with Gasteiger partial charge in [0.1, 0.15) is 17.7 Å².